The fourth-order valence-corrected chi connectivity index (χ4v) is 2.96. The van der Waals surface area contributed by atoms with Crippen molar-refractivity contribution in [2.45, 2.75) is 38.5 Å². The molecule has 2 atom stereocenters. The van der Waals surface area contributed by atoms with Gasteiger partial charge in [-0.1, -0.05) is 6.07 Å². The highest BCUT2D eigenvalue weighted by molar-refractivity contribution is 5.99. The molecule has 0 aliphatic carbocycles. The number of halogens is 4. The van der Waals surface area contributed by atoms with Crippen molar-refractivity contribution in [1.82, 2.24) is 20.5 Å². The number of nitrogens with one attached hydrogen (secondary N) is 1. The van der Waals surface area contributed by atoms with Crippen molar-refractivity contribution >= 4 is 11.6 Å². The normalized spacial score (nSPS) is 14.1. The third-order valence-corrected chi connectivity index (χ3v) is 4.89. The van der Waals surface area contributed by atoms with Crippen LogP contribution in [0.1, 0.15) is 31.9 Å². The quantitative estimate of drug-likeness (QED) is 0.428. The van der Waals surface area contributed by atoms with Crippen LogP contribution in [0.15, 0.2) is 47.0 Å². The lowest BCUT2D eigenvalue weighted by Gasteiger charge is -2.30. The number of alkyl halides is 3. The first kappa shape index (κ1) is 25.2. The van der Waals surface area contributed by atoms with E-state index < -0.39 is 35.8 Å². The molecular weight excluding hydrogens is 458 g/mol. The summed E-state index contributed by atoms with van der Waals surface area (Å²) in [7, 11) is 0. The second kappa shape index (κ2) is 10.7. The van der Waals surface area contributed by atoms with Gasteiger partial charge >= 0.3 is 6.43 Å². The Kier molecular flexibility index (Phi) is 7.94. The first-order valence-corrected chi connectivity index (χ1v) is 10.3. The Morgan fingerprint density at radius 1 is 1.26 bits per heavy atom. The van der Waals surface area contributed by atoms with Crippen LogP contribution in [0.4, 0.5) is 23.2 Å². The van der Waals surface area contributed by atoms with Crippen LogP contribution in [0, 0.1) is 5.82 Å². The molecule has 0 saturated carbocycles. The largest absolute Gasteiger partial charge is 0.415 e. The third kappa shape index (κ3) is 6.14. The first-order valence-electron chi connectivity index (χ1n) is 10.3. The Bertz CT molecular complexity index is 1110. The SMILES string of the molecule is CC(CO)NCC(C)(F)C(=O)N(Cc1ccc(-c2nnc(C(F)F)o2)cn1)c1cccc(F)c1. The van der Waals surface area contributed by atoms with E-state index in [1.807, 2.05) is 0 Å². The molecule has 2 unspecified atom stereocenters. The van der Waals surface area contributed by atoms with Crippen molar-refractivity contribution in [3.05, 3.63) is 60.0 Å². The summed E-state index contributed by atoms with van der Waals surface area (Å²) in [4.78, 5) is 18.4. The number of hydrogen-bond donors (Lipinski definition) is 2. The minimum absolute atomic E-state index is 0.119. The summed E-state index contributed by atoms with van der Waals surface area (Å²) in [6, 6.07) is 7.64. The number of hydrogen-bond acceptors (Lipinski definition) is 7. The van der Waals surface area contributed by atoms with Crippen LogP contribution in [-0.4, -0.2) is 51.1 Å². The van der Waals surface area contributed by atoms with Gasteiger partial charge in [-0.3, -0.25) is 9.78 Å². The molecule has 0 bridgehead atoms. The highest BCUT2D eigenvalue weighted by Gasteiger charge is 2.38. The summed E-state index contributed by atoms with van der Waals surface area (Å²) in [5.41, 5.74) is -1.69. The van der Waals surface area contributed by atoms with Gasteiger partial charge in [0.15, 0.2) is 5.67 Å². The van der Waals surface area contributed by atoms with Crippen LogP contribution in [0.25, 0.3) is 11.5 Å². The van der Waals surface area contributed by atoms with Crippen LogP contribution in [-0.2, 0) is 11.3 Å². The maximum atomic E-state index is 15.3. The van der Waals surface area contributed by atoms with Gasteiger partial charge in [0.25, 0.3) is 11.8 Å². The first-order chi connectivity index (χ1) is 16.1. The zero-order valence-corrected chi connectivity index (χ0v) is 18.4. The molecule has 2 heterocycles. The molecule has 3 aromatic rings. The molecule has 1 amide bonds. The number of rotatable bonds is 10. The molecule has 0 aliphatic rings. The number of nitrogens with zero attached hydrogens (tertiary/aromatic N) is 4. The minimum atomic E-state index is -2.91. The van der Waals surface area contributed by atoms with E-state index in [1.54, 1.807) is 6.92 Å². The van der Waals surface area contributed by atoms with Gasteiger partial charge < -0.3 is 19.7 Å². The lowest BCUT2D eigenvalue weighted by Crippen LogP contribution is -2.51. The van der Waals surface area contributed by atoms with Crippen LogP contribution in [0.3, 0.4) is 0 Å². The Balaban J connectivity index is 1.84. The monoisotopic (exact) mass is 481 g/mol. The minimum Gasteiger partial charge on any atom is -0.415 e. The smallest absolute Gasteiger partial charge is 0.314 e. The fourth-order valence-electron chi connectivity index (χ4n) is 2.96. The van der Waals surface area contributed by atoms with Crippen LogP contribution >= 0.6 is 0 Å². The van der Waals surface area contributed by atoms with E-state index in [0.717, 1.165) is 17.9 Å². The van der Waals surface area contributed by atoms with E-state index in [2.05, 4.69) is 20.5 Å². The Labute approximate surface area is 192 Å². The van der Waals surface area contributed by atoms with E-state index in [1.165, 1.54) is 36.5 Å². The number of amides is 1. The molecule has 2 aromatic heterocycles. The van der Waals surface area contributed by atoms with E-state index in [-0.39, 0.29) is 36.8 Å². The highest BCUT2D eigenvalue weighted by atomic mass is 19.3. The molecule has 182 valence electrons. The number of benzene rings is 1. The van der Waals surface area contributed by atoms with Gasteiger partial charge in [-0.2, -0.15) is 8.78 Å². The lowest BCUT2D eigenvalue weighted by molar-refractivity contribution is -0.129. The second-order valence-corrected chi connectivity index (χ2v) is 7.82. The van der Waals surface area contributed by atoms with Gasteiger partial charge in [-0.05, 0) is 44.2 Å². The van der Waals surface area contributed by atoms with Crippen LogP contribution < -0.4 is 10.2 Å². The zero-order chi connectivity index (χ0) is 24.9. The topological polar surface area (TPSA) is 104 Å². The van der Waals surface area contributed by atoms with Crippen molar-refractivity contribution in [3.63, 3.8) is 0 Å². The zero-order valence-electron chi connectivity index (χ0n) is 18.4. The van der Waals surface area contributed by atoms with Gasteiger partial charge in [-0.25, -0.2) is 8.78 Å². The predicted molar refractivity (Wildman–Crippen MR) is 114 cm³/mol. The standard InChI is InChI=1S/C22H23F4N5O3/c1-13(11-32)28-12-22(2,26)21(33)31(17-5-3-4-15(23)8-17)10-16-7-6-14(9-27-16)19-29-30-20(34-19)18(24)25/h3-9,13,18,28,32H,10-12H2,1-2H3. The van der Waals surface area contributed by atoms with Crippen molar-refractivity contribution in [2.24, 2.45) is 0 Å². The maximum absolute atomic E-state index is 15.3. The molecule has 34 heavy (non-hydrogen) atoms. The molecule has 0 aliphatic heterocycles. The van der Waals surface area contributed by atoms with Gasteiger partial charge in [0.05, 0.1) is 24.4 Å². The fraction of sp³-hybridized carbons (Fsp3) is 0.364. The molecule has 0 saturated heterocycles. The van der Waals surface area contributed by atoms with Crippen molar-refractivity contribution in [3.8, 4) is 11.5 Å². The third-order valence-electron chi connectivity index (χ3n) is 4.89. The average Bonchev–Trinajstić information content (AvgIpc) is 3.32. The number of aromatic nitrogens is 3. The van der Waals surface area contributed by atoms with Crippen LogP contribution in [0.2, 0.25) is 0 Å². The number of carbonyl (C=O) groups is 1. The molecule has 2 N–H and O–H groups in total. The van der Waals surface area contributed by atoms with Crippen molar-refractivity contribution in [2.75, 3.05) is 18.1 Å². The molecular formula is C22H23F4N5O3. The van der Waals surface area contributed by atoms with Gasteiger partial charge in [0.1, 0.15) is 5.82 Å². The summed E-state index contributed by atoms with van der Waals surface area (Å²) in [6.45, 7) is 1.89. The Morgan fingerprint density at radius 3 is 2.62 bits per heavy atom. The lowest BCUT2D eigenvalue weighted by atomic mass is 10.1. The van der Waals surface area contributed by atoms with Crippen LogP contribution in [0.5, 0.6) is 0 Å². The number of aliphatic hydroxyl groups is 1. The van der Waals surface area contributed by atoms with Gasteiger partial charge in [-0.15, -0.1) is 10.2 Å². The van der Waals surface area contributed by atoms with Crippen molar-refractivity contribution in [1.29, 1.82) is 0 Å². The van der Waals surface area contributed by atoms with Gasteiger partial charge in [0.2, 0.25) is 5.89 Å². The number of anilines is 1. The number of pyridine rings is 1. The van der Waals surface area contributed by atoms with E-state index in [0.29, 0.717) is 5.69 Å². The predicted octanol–water partition coefficient (Wildman–Crippen LogP) is 3.44. The summed E-state index contributed by atoms with van der Waals surface area (Å²) >= 11 is 0. The Morgan fingerprint density at radius 2 is 2.03 bits per heavy atom. The van der Waals surface area contributed by atoms with Crippen molar-refractivity contribution < 1.29 is 31.9 Å². The highest BCUT2D eigenvalue weighted by Crippen LogP contribution is 2.26. The summed E-state index contributed by atoms with van der Waals surface area (Å²) in [5, 5.41) is 18.7. The van der Waals surface area contributed by atoms with E-state index in [9.17, 15) is 18.0 Å². The summed E-state index contributed by atoms with van der Waals surface area (Å²) in [6.07, 6.45) is -1.63. The Hall–Kier alpha value is -3.38. The molecule has 0 spiro atoms. The molecule has 0 radical (unpaired) electrons. The second-order valence-electron chi connectivity index (χ2n) is 7.82. The molecule has 12 heteroatoms. The molecule has 8 nitrogen and oxygen atoms in total. The molecule has 0 fully saturated rings. The van der Waals surface area contributed by atoms with E-state index in [4.69, 9.17) is 9.52 Å². The molecule has 3 rings (SSSR count). The average molecular weight is 481 g/mol. The number of carbonyl (C=O) groups excluding carboxylic acids is 1. The van der Waals surface area contributed by atoms with E-state index >= 15 is 4.39 Å². The molecule has 1 aromatic carbocycles. The van der Waals surface area contributed by atoms with Gasteiger partial charge in [0, 0.05) is 24.5 Å². The summed E-state index contributed by atoms with van der Waals surface area (Å²) in [5.74, 6) is -2.54. The number of aliphatic hydroxyl groups excluding tert-OH is 1. The summed E-state index contributed by atoms with van der Waals surface area (Å²) < 4.78 is 59.4. The maximum Gasteiger partial charge on any atom is 0.314 e.